The van der Waals surface area contributed by atoms with E-state index in [1.54, 1.807) is 29.6 Å². The van der Waals surface area contributed by atoms with Crippen LogP contribution in [0.25, 0.3) is 0 Å². The van der Waals surface area contributed by atoms with E-state index in [2.05, 4.69) is 10.3 Å². The van der Waals surface area contributed by atoms with Gasteiger partial charge in [-0.2, -0.15) is 0 Å². The molecule has 21 heavy (non-hydrogen) atoms. The topological polar surface area (TPSA) is 84.5 Å². The first kappa shape index (κ1) is 15.5. The molecule has 0 aliphatic rings. The summed E-state index contributed by atoms with van der Waals surface area (Å²) in [5, 5.41) is 1.73. The molecule has 0 saturated carbocycles. The molecule has 0 aliphatic carbocycles. The summed E-state index contributed by atoms with van der Waals surface area (Å²) in [6.07, 6.45) is 0. The molecule has 1 amide bonds. The number of carbonyl (C=O) groups excluding carboxylic acids is 1. The molecule has 1 heterocycles. The minimum absolute atomic E-state index is 0.0393. The molecule has 1 aromatic heterocycles. The standard InChI is InChI=1S/C13H14N2O4S2/c1-2-19-10-5-7-11(8-6-10)21(17,18)15-14-13(16)12-4-3-9-20-12/h3-9,15H,2H2,1H3,(H,14,16). The summed E-state index contributed by atoms with van der Waals surface area (Å²) in [5.74, 6) is 0.0820. The van der Waals surface area contributed by atoms with Gasteiger partial charge in [0.05, 0.1) is 16.4 Å². The highest BCUT2D eigenvalue weighted by atomic mass is 32.2. The van der Waals surface area contributed by atoms with Crippen LogP contribution in [0.4, 0.5) is 0 Å². The van der Waals surface area contributed by atoms with E-state index < -0.39 is 15.9 Å². The smallest absolute Gasteiger partial charge is 0.276 e. The lowest BCUT2D eigenvalue weighted by atomic mass is 10.3. The zero-order valence-electron chi connectivity index (χ0n) is 11.2. The molecule has 2 N–H and O–H groups in total. The molecule has 0 bridgehead atoms. The summed E-state index contributed by atoms with van der Waals surface area (Å²) in [7, 11) is -3.81. The Balaban J connectivity index is 2.02. The first-order chi connectivity index (χ1) is 10.0. The van der Waals surface area contributed by atoms with E-state index in [9.17, 15) is 13.2 Å². The minimum Gasteiger partial charge on any atom is -0.494 e. The minimum atomic E-state index is -3.81. The van der Waals surface area contributed by atoms with Gasteiger partial charge in [0.15, 0.2) is 0 Å². The monoisotopic (exact) mass is 326 g/mol. The largest absolute Gasteiger partial charge is 0.494 e. The fourth-order valence-corrected chi connectivity index (χ4v) is 2.98. The number of amides is 1. The zero-order chi connectivity index (χ0) is 15.3. The third-order valence-corrected chi connectivity index (χ3v) is 4.62. The summed E-state index contributed by atoms with van der Waals surface area (Å²) in [4.78, 5) is 14.2. The van der Waals surface area contributed by atoms with Gasteiger partial charge < -0.3 is 4.74 Å². The van der Waals surface area contributed by atoms with Crippen molar-refractivity contribution in [3.63, 3.8) is 0 Å². The van der Waals surface area contributed by atoms with Gasteiger partial charge in [0.25, 0.3) is 15.9 Å². The van der Waals surface area contributed by atoms with Crippen molar-refractivity contribution in [2.75, 3.05) is 6.61 Å². The van der Waals surface area contributed by atoms with Crippen molar-refractivity contribution in [1.29, 1.82) is 0 Å². The molecule has 0 atom stereocenters. The molecule has 0 unspecified atom stereocenters. The van der Waals surface area contributed by atoms with Crippen LogP contribution < -0.4 is 15.0 Å². The number of carbonyl (C=O) groups is 1. The van der Waals surface area contributed by atoms with Crippen molar-refractivity contribution in [1.82, 2.24) is 10.3 Å². The Hall–Kier alpha value is -1.90. The zero-order valence-corrected chi connectivity index (χ0v) is 12.8. The lowest BCUT2D eigenvalue weighted by Gasteiger charge is -2.08. The Kier molecular flexibility index (Phi) is 4.94. The molecule has 6 nitrogen and oxygen atoms in total. The summed E-state index contributed by atoms with van der Waals surface area (Å²) in [6, 6.07) is 9.24. The SMILES string of the molecule is CCOc1ccc(S(=O)(=O)NNC(=O)c2cccs2)cc1. The highest BCUT2D eigenvalue weighted by Gasteiger charge is 2.16. The molecule has 2 aromatic rings. The highest BCUT2D eigenvalue weighted by Crippen LogP contribution is 2.15. The van der Waals surface area contributed by atoms with Crippen LogP contribution in [0.3, 0.4) is 0 Å². The van der Waals surface area contributed by atoms with Crippen LogP contribution >= 0.6 is 11.3 Å². The summed E-state index contributed by atoms with van der Waals surface area (Å²) in [5.41, 5.74) is 2.17. The van der Waals surface area contributed by atoms with Crippen molar-refractivity contribution in [2.45, 2.75) is 11.8 Å². The van der Waals surface area contributed by atoms with Crippen LogP contribution in [-0.2, 0) is 10.0 Å². The maximum absolute atomic E-state index is 12.0. The van der Waals surface area contributed by atoms with E-state index in [4.69, 9.17) is 4.74 Å². The number of sulfonamides is 1. The van der Waals surface area contributed by atoms with Gasteiger partial charge in [-0.05, 0) is 42.6 Å². The molecule has 112 valence electrons. The molecule has 2 rings (SSSR count). The molecule has 0 aliphatic heterocycles. The average molecular weight is 326 g/mol. The maximum Gasteiger partial charge on any atom is 0.276 e. The van der Waals surface area contributed by atoms with Gasteiger partial charge in [-0.3, -0.25) is 10.2 Å². The van der Waals surface area contributed by atoms with Gasteiger partial charge >= 0.3 is 0 Å². The van der Waals surface area contributed by atoms with Crippen molar-refractivity contribution in [3.8, 4) is 5.75 Å². The Morgan fingerprint density at radius 2 is 1.95 bits per heavy atom. The summed E-state index contributed by atoms with van der Waals surface area (Å²) < 4.78 is 29.3. The molecule has 0 spiro atoms. The normalized spacial score (nSPS) is 11.1. The molecular formula is C13H14N2O4S2. The number of ether oxygens (including phenoxy) is 1. The van der Waals surface area contributed by atoms with E-state index in [0.29, 0.717) is 17.2 Å². The van der Waals surface area contributed by atoms with Crippen LogP contribution in [0.15, 0.2) is 46.7 Å². The van der Waals surface area contributed by atoms with Crippen molar-refractivity contribution < 1.29 is 17.9 Å². The first-order valence-corrected chi connectivity index (χ1v) is 8.47. The second-order valence-electron chi connectivity index (χ2n) is 3.94. The predicted octanol–water partition coefficient (Wildman–Crippen LogP) is 1.77. The van der Waals surface area contributed by atoms with E-state index in [1.807, 2.05) is 6.92 Å². The number of hydrogen-bond acceptors (Lipinski definition) is 5. The Morgan fingerprint density at radius 3 is 2.52 bits per heavy atom. The summed E-state index contributed by atoms with van der Waals surface area (Å²) >= 11 is 1.22. The van der Waals surface area contributed by atoms with Crippen LogP contribution in [0.1, 0.15) is 16.6 Å². The number of hydrazine groups is 1. The van der Waals surface area contributed by atoms with E-state index >= 15 is 0 Å². The van der Waals surface area contributed by atoms with Gasteiger partial charge in [-0.25, -0.2) is 8.42 Å². The van der Waals surface area contributed by atoms with Gasteiger partial charge in [0.2, 0.25) is 0 Å². The Labute approximate surface area is 126 Å². The van der Waals surface area contributed by atoms with Crippen molar-refractivity contribution >= 4 is 27.3 Å². The van der Waals surface area contributed by atoms with Gasteiger partial charge in [0.1, 0.15) is 5.75 Å². The van der Waals surface area contributed by atoms with E-state index in [0.717, 1.165) is 0 Å². The second kappa shape index (κ2) is 6.70. The predicted molar refractivity (Wildman–Crippen MR) is 79.7 cm³/mol. The molecule has 0 radical (unpaired) electrons. The number of nitrogens with one attached hydrogen (secondary N) is 2. The average Bonchev–Trinajstić information content (AvgIpc) is 3.00. The lowest BCUT2D eigenvalue weighted by molar-refractivity contribution is 0.0949. The van der Waals surface area contributed by atoms with Gasteiger partial charge in [-0.15, -0.1) is 16.2 Å². The fraction of sp³-hybridized carbons (Fsp3) is 0.154. The first-order valence-electron chi connectivity index (χ1n) is 6.11. The van der Waals surface area contributed by atoms with E-state index in [1.165, 1.54) is 23.5 Å². The lowest BCUT2D eigenvalue weighted by Crippen LogP contribution is -2.41. The quantitative estimate of drug-likeness (QED) is 0.792. The van der Waals surface area contributed by atoms with Crippen LogP contribution in [0.2, 0.25) is 0 Å². The highest BCUT2D eigenvalue weighted by molar-refractivity contribution is 7.89. The van der Waals surface area contributed by atoms with Crippen LogP contribution in [0.5, 0.6) is 5.75 Å². The van der Waals surface area contributed by atoms with Crippen molar-refractivity contribution in [3.05, 3.63) is 46.7 Å². The number of hydrogen-bond donors (Lipinski definition) is 2. The third-order valence-electron chi connectivity index (χ3n) is 2.49. The van der Waals surface area contributed by atoms with Crippen LogP contribution in [0, 0.1) is 0 Å². The molecule has 8 heteroatoms. The van der Waals surface area contributed by atoms with Crippen molar-refractivity contribution in [2.24, 2.45) is 0 Å². The van der Waals surface area contributed by atoms with Gasteiger partial charge in [-0.1, -0.05) is 6.07 Å². The molecule has 0 saturated heterocycles. The maximum atomic E-state index is 12.0. The Morgan fingerprint density at radius 1 is 1.24 bits per heavy atom. The fourth-order valence-electron chi connectivity index (χ4n) is 1.52. The number of benzene rings is 1. The number of thiophene rings is 1. The second-order valence-corrected chi connectivity index (χ2v) is 6.57. The summed E-state index contributed by atoms with van der Waals surface area (Å²) in [6.45, 7) is 2.34. The third kappa shape index (κ3) is 4.03. The van der Waals surface area contributed by atoms with Gasteiger partial charge in [0, 0.05) is 0 Å². The van der Waals surface area contributed by atoms with E-state index in [-0.39, 0.29) is 4.90 Å². The molecular weight excluding hydrogens is 312 g/mol. The number of rotatable bonds is 6. The molecule has 0 fully saturated rings. The van der Waals surface area contributed by atoms with Crippen LogP contribution in [-0.4, -0.2) is 20.9 Å². The Bertz CT molecular complexity index is 694. The molecule has 1 aromatic carbocycles.